The SMILES string of the molecule is COc1ccc(C(=O)N2CCN(Cc3cc4cccc(C)c4[nH]c3=O)CC2)cc1. The van der Waals surface area contributed by atoms with Crippen LogP contribution in [-0.4, -0.2) is 54.0 Å². The number of ether oxygens (including phenoxy) is 1. The number of aromatic amines is 1. The minimum absolute atomic E-state index is 0.0336. The van der Waals surface area contributed by atoms with E-state index in [2.05, 4.69) is 9.88 Å². The Bertz CT molecular complexity index is 1080. The highest BCUT2D eigenvalue weighted by molar-refractivity contribution is 5.94. The van der Waals surface area contributed by atoms with Crippen LogP contribution in [0.5, 0.6) is 5.75 Å². The minimum atomic E-state index is -0.0384. The topological polar surface area (TPSA) is 65.6 Å². The number of para-hydroxylation sites is 1. The van der Waals surface area contributed by atoms with Crippen LogP contribution in [0.1, 0.15) is 21.5 Å². The number of nitrogens with one attached hydrogen (secondary N) is 1. The molecule has 4 rings (SSSR count). The van der Waals surface area contributed by atoms with Gasteiger partial charge in [-0.1, -0.05) is 18.2 Å². The molecule has 6 heteroatoms. The van der Waals surface area contributed by atoms with E-state index in [0.29, 0.717) is 25.2 Å². The molecule has 0 saturated carbocycles. The number of carbonyl (C=O) groups excluding carboxylic acids is 1. The summed E-state index contributed by atoms with van der Waals surface area (Å²) in [7, 11) is 1.61. The molecule has 1 aromatic heterocycles. The maximum absolute atomic E-state index is 12.7. The molecule has 1 fully saturated rings. The summed E-state index contributed by atoms with van der Waals surface area (Å²) in [5, 5.41) is 1.05. The second-order valence-corrected chi connectivity index (χ2v) is 7.46. The normalized spacial score (nSPS) is 14.9. The minimum Gasteiger partial charge on any atom is -0.497 e. The van der Waals surface area contributed by atoms with Gasteiger partial charge in [-0.15, -0.1) is 0 Å². The molecule has 29 heavy (non-hydrogen) atoms. The van der Waals surface area contributed by atoms with Crippen LogP contribution >= 0.6 is 0 Å². The van der Waals surface area contributed by atoms with Crippen LogP contribution in [0.15, 0.2) is 53.3 Å². The molecule has 6 nitrogen and oxygen atoms in total. The van der Waals surface area contributed by atoms with Crippen molar-refractivity contribution in [3.05, 3.63) is 75.6 Å². The second kappa shape index (κ2) is 8.09. The molecule has 3 aromatic rings. The number of piperazine rings is 1. The van der Waals surface area contributed by atoms with Crippen molar-refractivity contribution in [1.82, 2.24) is 14.8 Å². The average molecular weight is 391 g/mol. The number of aromatic nitrogens is 1. The zero-order chi connectivity index (χ0) is 20.4. The van der Waals surface area contributed by atoms with Gasteiger partial charge in [-0.05, 0) is 48.2 Å². The molecule has 0 spiro atoms. The van der Waals surface area contributed by atoms with Crippen LogP contribution in [-0.2, 0) is 6.54 Å². The van der Waals surface area contributed by atoms with E-state index in [-0.39, 0.29) is 11.5 Å². The zero-order valence-corrected chi connectivity index (χ0v) is 16.8. The first-order valence-corrected chi connectivity index (χ1v) is 9.82. The number of H-pyrrole nitrogens is 1. The fourth-order valence-corrected chi connectivity index (χ4v) is 3.81. The van der Waals surface area contributed by atoms with Gasteiger partial charge in [0.1, 0.15) is 5.75 Å². The number of fused-ring (bicyclic) bond motifs is 1. The van der Waals surface area contributed by atoms with Crippen molar-refractivity contribution in [1.29, 1.82) is 0 Å². The van der Waals surface area contributed by atoms with Gasteiger partial charge in [-0.3, -0.25) is 14.5 Å². The number of amides is 1. The van der Waals surface area contributed by atoms with Gasteiger partial charge in [0.2, 0.25) is 0 Å². The van der Waals surface area contributed by atoms with Crippen LogP contribution in [0, 0.1) is 6.92 Å². The van der Waals surface area contributed by atoms with Gasteiger partial charge in [0.25, 0.3) is 11.5 Å². The van der Waals surface area contributed by atoms with Gasteiger partial charge < -0.3 is 14.6 Å². The lowest BCUT2D eigenvalue weighted by Gasteiger charge is -2.34. The Kier molecular flexibility index (Phi) is 5.36. The zero-order valence-electron chi connectivity index (χ0n) is 16.8. The molecule has 0 unspecified atom stereocenters. The highest BCUT2D eigenvalue weighted by Gasteiger charge is 2.22. The first-order valence-electron chi connectivity index (χ1n) is 9.82. The number of rotatable bonds is 4. The molecule has 2 aromatic carbocycles. The summed E-state index contributed by atoms with van der Waals surface area (Å²) in [6.45, 7) is 5.37. The van der Waals surface area contributed by atoms with Gasteiger partial charge in [0.05, 0.1) is 12.6 Å². The molecular weight excluding hydrogens is 366 g/mol. The molecule has 150 valence electrons. The quantitative estimate of drug-likeness (QED) is 0.743. The standard InChI is InChI=1S/C23H25N3O3/c1-16-4-3-5-18-14-19(22(27)24-21(16)18)15-25-10-12-26(13-11-25)23(28)17-6-8-20(29-2)9-7-17/h3-9,14H,10-13,15H2,1-2H3,(H,24,27). The Morgan fingerprint density at radius 1 is 1.07 bits per heavy atom. The third-order valence-corrected chi connectivity index (χ3v) is 5.56. The number of aryl methyl sites for hydroxylation is 1. The highest BCUT2D eigenvalue weighted by atomic mass is 16.5. The fraction of sp³-hybridized carbons (Fsp3) is 0.304. The van der Waals surface area contributed by atoms with Crippen molar-refractivity contribution >= 4 is 16.8 Å². The van der Waals surface area contributed by atoms with Crippen molar-refractivity contribution in [3.8, 4) is 5.75 Å². The summed E-state index contributed by atoms with van der Waals surface area (Å²) in [6, 6.07) is 15.2. The third kappa shape index (κ3) is 4.03. The smallest absolute Gasteiger partial charge is 0.253 e. The lowest BCUT2D eigenvalue weighted by molar-refractivity contribution is 0.0628. The molecule has 1 saturated heterocycles. The van der Waals surface area contributed by atoms with E-state index in [1.165, 1.54) is 0 Å². The van der Waals surface area contributed by atoms with Crippen LogP contribution in [0.4, 0.5) is 0 Å². The molecule has 0 aliphatic carbocycles. The van der Waals surface area contributed by atoms with E-state index in [1.54, 1.807) is 31.4 Å². The Labute approximate surface area is 169 Å². The van der Waals surface area contributed by atoms with Crippen LogP contribution in [0.25, 0.3) is 10.9 Å². The van der Waals surface area contributed by atoms with Gasteiger partial charge in [0, 0.05) is 43.9 Å². The number of pyridine rings is 1. The number of hydrogen-bond acceptors (Lipinski definition) is 4. The maximum atomic E-state index is 12.7. The van der Waals surface area contributed by atoms with Crippen molar-refractivity contribution in [2.45, 2.75) is 13.5 Å². The Balaban J connectivity index is 1.41. The summed E-state index contributed by atoms with van der Waals surface area (Å²) in [4.78, 5) is 32.3. The molecular formula is C23H25N3O3. The van der Waals surface area contributed by atoms with Crippen molar-refractivity contribution in [2.24, 2.45) is 0 Å². The van der Waals surface area contributed by atoms with Crippen LogP contribution in [0.2, 0.25) is 0 Å². The molecule has 1 aliphatic heterocycles. The van der Waals surface area contributed by atoms with Crippen molar-refractivity contribution < 1.29 is 9.53 Å². The molecule has 0 bridgehead atoms. The molecule has 1 N–H and O–H groups in total. The van der Waals surface area contributed by atoms with Crippen LogP contribution in [0.3, 0.4) is 0 Å². The monoisotopic (exact) mass is 391 g/mol. The Hall–Kier alpha value is -3.12. The molecule has 0 atom stereocenters. The van der Waals surface area contributed by atoms with Gasteiger partial charge >= 0.3 is 0 Å². The molecule has 2 heterocycles. The molecule has 0 radical (unpaired) electrons. The third-order valence-electron chi connectivity index (χ3n) is 5.56. The van der Waals surface area contributed by atoms with Crippen LogP contribution < -0.4 is 10.3 Å². The first-order chi connectivity index (χ1) is 14.0. The summed E-state index contributed by atoms with van der Waals surface area (Å²) >= 11 is 0. The van der Waals surface area contributed by atoms with Gasteiger partial charge in [0.15, 0.2) is 0 Å². The van der Waals surface area contributed by atoms with E-state index < -0.39 is 0 Å². The van der Waals surface area contributed by atoms with Crippen molar-refractivity contribution in [2.75, 3.05) is 33.3 Å². The average Bonchev–Trinajstić information content (AvgIpc) is 2.75. The molecule has 1 amide bonds. The van der Waals surface area contributed by atoms with Gasteiger partial charge in [-0.25, -0.2) is 0 Å². The predicted molar refractivity (Wildman–Crippen MR) is 113 cm³/mol. The fourth-order valence-electron chi connectivity index (χ4n) is 3.81. The van der Waals surface area contributed by atoms with E-state index in [9.17, 15) is 9.59 Å². The summed E-state index contributed by atoms with van der Waals surface area (Å²) in [5.74, 6) is 0.772. The number of hydrogen-bond donors (Lipinski definition) is 1. The van der Waals surface area contributed by atoms with E-state index in [1.807, 2.05) is 36.1 Å². The summed E-state index contributed by atoms with van der Waals surface area (Å²) in [5.41, 5.74) is 3.36. The highest BCUT2D eigenvalue weighted by Crippen LogP contribution is 2.17. The summed E-state index contributed by atoms with van der Waals surface area (Å²) < 4.78 is 5.15. The largest absolute Gasteiger partial charge is 0.497 e. The number of nitrogens with zero attached hydrogens (tertiary/aromatic N) is 2. The number of methoxy groups -OCH3 is 1. The van der Waals surface area contributed by atoms with E-state index in [0.717, 1.165) is 40.9 Å². The van der Waals surface area contributed by atoms with E-state index in [4.69, 9.17) is 4.74 Å². The van der Waals surface area contributed by atoms with Crippen molar-refractivity contribution in [3.63, 3.8) is 0 Å². The Morgan fingerprint density at radius 3 is 2.48 bits per heavy atom. The number of benzene rings is 2. The lowest BCUT2D eigenvalue weighted by atomic mass is 10.1. The predicted octanol–water partition coefficient (Wildman–Crippen LogP) is 2.80. The second-order valence-electron chi connectivity index (χ2n) is 7.46. The first kappa shape index (κ1) is 19.2. The van der Waals surface area contributed by atoms with Gasteiger partial charge in [-0.2, -0.15) is 0 Å². The Morgan fingerprint density at radius 2 is 1.79 bits per heavy atom. The van der Waals surface area contributed by atoms with E-state index >= 15 is 0 Å². The summed E-state index contributed by atoms with van der Waals surface area (Å²) in [6.07, 6.45) is 0. The lowest BCUT2D eigenvalue weighted by Crippen LogP contribution is -2.48. The molecule has 1 aliphatic rings. The maximum Gasteiger partial charge on any atom is 0.253 e. The number of carbonyl (C=O) groups is 1.